The molecule has 0 bridgehead atoms. The molecule has 1 aromatic heterocycles. The van der Waals surface area contributed by atoms with Crippen LogP contribution in [0.5, 0.6) is 11.5 Å². The Morgan fingerprint density at radius 2 is 1.15 bits per heavy atom. The van der Waals surface area contributed by atoms with E-state index in [1.165, 1.54) is 0 Å². The second-order valence-corrected chi connectivity index (χ2v) is 9.53. The molecule has 3 nitrogen and oxygen atoms in total. The van der Waals surface area contributed by atoms with Gasteiger partial charge in [-0.1, -0.05) is 115 Å². The molecule has 0 spiro atoms. The van der Waals surface area contributed by atoms with E-state index in [1.807, 2.05) is 84.9 Å². The van der Waals surface area contributed by atoms with Gasteiger partial charge < -0.3 is 4.74 Å². The first-order valence-corrected chi connectivity index (χ1v) is 13.0. The maximum atomic E-state index is 9.48. The maximum absolute atomic E-state index is 9.48. The lowest BCUT2D eigenvalue weighted by atomic mass is 9.93. The number of benzene rings is 6. The summed E-state index contributed by atoms with van der Waals surface area (Å²) in [4.78, 5) is 9.64. The third kappa shape index (κ3) is 4.16. The van der Waals surface area contributed by atoms with Crippen LogP contribution in [0.15, 0.2) is 145 Å². The van der Waals surface area contributed by atoms with Crippen LogP contribution >= 0.6 is 0 Å². The van der Waals surface area contributed by atoms with Crippen molar-refractivity contribution in [2.75, 3.05) is 0 Å². The average molecular weight is 534 g/mol. The molecule has 1 aliphatic heterocycles. The van der Waals surface area contributed by atoms with Crippen molar-refractivity contribution < 1.29 is 17.1 Å². The fraction of sp³-hybridized carbons (Fsp3) is 0. The minimum absolute atomic E-state index is 0.0158. The fourth-order valence-corrected chi connectivity index (χ4v) is 4.99. The van der Waals surface area contributed by atoms with Crippen LogP contribution in [-0.4, -0.2) is 9.97 Å². The molecule has 7 aromatic rings. The van der Waals surface area contributed by atoms with Crippen LogP contribution in [0.2, 0.25) is 0 Å². The van der Waals surface area contributed by atoms with E-state index in [4.69, 9.17) is 25.7 Å². The van der Waals surface area contributed by atoms with Gasteiger partial charge in [-0.2, -0.15) is 0 Å². The van der Waals surface area contributed by atoms with E-state index in [2.05, 4.69) is 0 Å². The van der Waals surface area contributed by atoms with E-state index in [-0.39, 0.29) is 56.7 Å². The van der Waals surface area contributed by atoms with Crippen molar-refractivity contribution in [1.29, 1.82) is 0 Å². The molecule has 0 fully saturated rings. The normalized spacial score (nSPS) is 14.7. The first kappa shape index (κ1) is 15.9. The summed E-state index contributed by atoms with van der Waals surface area (Å²) in [5.74, 6) is -0.200. The summed E-state index contributed by atoms with van der Waals surface area (Å²) >= 11 is 0. The Morgan fingerprint density at radius 1 is 0.512 bits per heavy atom. The summed E-state index contributed by atoms with van der Waals surface area (Å²) in [6, 6.07) is 24.6. The van der Waals surface area contributed by atoms with Crippen molar-refractivity contribution in [2.45, 2.75) is 0 Å². The van der Waals surface area contributed by atoms with Crippen LogP contribution in [-0.2, 0) is 0 Å². The number of hydrogen-bond donors (Lipinski definition) is 0. The number of nitrogens with zero attached hydrogens (tertiary/aromatic N) is 2. The SMILES string of the molecule is [2H]c1c([2H])c(-c2cc(-c3ccc(-c4ccccc4)cc3)nc(-c3ccccc3)n2)c([2H])c2c1Oc1c([2H])c([2H])c([2H])c3c([2H])c([2H])c([2H])c-2c13. The molecular weight excluding hydrogens is 500 g/mol. The second kappa shape index (κ2) is 9.58. The molecule has 0 saturated carbocycles. The lowest BCUT2D eigenvalue weighted by Crippen LogP contribution is -1.99. The molecule has 0 saturated heterocycles. The molecule has 192 valence electrons. The van der Waals surface area contributed by atoms with Gasteiger partial charge in [-0.15, -0.1) is 0 Å². The summed E-state index contributed by atoms with van der Waals surface area (Å²) in [5.41, 5.74) is 4.01. The van der Waals surface area contributed by atoms with Gasteiger partial charge >= 0.3 is 0 Å². The Bertz CT molecular complexity index is 2540. The van der Waals surface area contributed by atoms with Crippen molar-refractivity contribution in [2.24, 2.45) is 0 Å². The highest BCUT2D eigenvalue weighted by Crippen LogP contribution is 2.47. The third-order valence-corrected chi connectivity index (χ3v) is 7.00. The average Bonchev–Trinajstić information content (AvgIpc) is 3.15. The minimum atomic E-state index is -0.536. The minimum Gasteiger partial charge on any atom is -0.456 e. The Balaban J connectivity index is 1.40. The van der Waals surface area contributed by atoms with E-state index in [1.54, 1.807) is 6.07 Å². The van der Waals surface area contributed by atoms with E-state index in [0.717, 1.165) is 16.7 Å². The highest BCUT2D eigenvalue weighted by molar-refractivity contribution is 6.04. The molecule has 0 amide bonds. The van der Waals surface area contributed by atoms with Gasteiger partial charge in [0.2, 0.25) is 0 Å². The lowest BCUT2D eigenvalue weighted by Gasteiger charge is -2.22. The van der Waals surface area contributed by atoms with Crippen LogP contribution < -0.4 is 4.74 Å². The van der Waals surface area contributed by atoms with Crippen LogP contribution in [0.1, 0.15) is 12.3 Å². The molecular formula is C38H24N2O. The fourth-order valence-electron chi connectivity index (χ4n) is 4.99. The maximum Gasteiger partial charge on any atom is 0.160 e. The smallest absolute Gasteiger partial charge is 0.160 e. The van der Waals surface area contributed by atoms with Crippen LogP contribution in [0.4, 0.5) is 0 Å². The van der Waals surface area contributed by atoms with Gasteiger partial charge in [-0.05, 0) is 52.3 Å². The highest BCUT2D eigenvalue weighted by atomic mass is 16.5. The van der Waals surface area contributed by atoms with E-state index >= 15 is 0 Å². The van der Waals surface area contributed by atoms with Gasteiger partial charge in [0.15, 0.2) is 5.82 Å². The predicted octanol–water partition coefficient (Wildman–Crippen LogP) is 10.1. The van der Waals surface area contributed by atoms with Crippen LogP contribution in [0.3, 0.4) is 0 Å². The number of rotatable bonds is 4. The first-order valence-electron chi connectivity index (χ1n) is 17.5. The topological polar surface area (TPSA) is 35.0 Å². The molecule has 0 unspecified atom stereocenters. The molecule has 8 rings (SSSR count). The Hall–Kier alpha value is -5.54. The van der Waals surface area contributed by atoms with Gasteiger partial charge in [0.1, 0.15) is 11.5 Å². The number of ether oxygens (including phenoxy) is 1. The van der Waals surface area contributed by atoms with E-state index in [9.17, 15) is 1.37 Å². The summed E-state index contributed by atoms with van der Waals surface area (Å²) in [6.07, 6.45) is 0. The molecule has 0 N–H and O–H groups in total. The summed E-state index contributed by atoms with van der Waals surface area (Å²) in [7, 11) is 0. The van der Waals surface area contributed by atoms with Crippen molar-refractivity contribution >= 4 is 10.8 Å². The molecule has 3 heteroatoms. The highest BCUT2D eigenvalue weighted by Gasteiger charge is 2.21. The first-order chi connectivity index (χ1) is 24.1. The zero-order valence-corrected chi connectivity index (χ0v) is 21.5. The summed E-state index contributed by atoms with van der Waals surface area (Å²) in [6.45, 7) is 0. The van der Waals surface area contributed by atoms with Gasteiger partial charge in [-0.25, -0.2) is 9.97 Å². The zero-order valence-electron chi connectivity index (χ0n) is 30.5. The summed E-state index contributed by atoms with van der Waals surface area (Å²) in [5, 5.41) is -0.169. The number of fused-ring (bicyclic) bond motifs is 2. The summed E-state index contributed by atoms with van der Waals surface area (Å²) < 4.78 is 85.0. The number of hydrogen-bond acceptors (Lipinski definition) is 3. The Morgan fingerprint density at radius 3 is 1.90 bits per heavy atom. The van der Waals surface area contributed by atoms with Crippen molar-refractivity contribution in [3.63, 3.8) is 0 Å². The standard InChI is InChI=1S/C38H24N2O/c1-3-9-25(10-4-1)26-17-19-27(20-18-26)33-24-34(40-38(39-33)29-11-5-2-6-12-29)30-21-22-35-32(23-30)31-15-7-13-28-14-8-16-36(41-35)37(28)31/h1-24H/i7D,8D,13D,14D,15D,16D,21D,22D,23D. The Kier molecular flexibility index (Phi) is 3.72. The molecule has 0 aliphatic carbocycles. The van der Waals surface area contributed by atoms with E-state index in [0.29, 0.717) is 17.1 Å². The molecule has 0 radical (unpaired) electrons. The number of aromatic nitrogens is 2. The zero-order chi connectivity index (χ0) is 35.0. The third-order valence-electron chi connectivity index (χ3n) is 7.00. The molecule has 0 atom stereocenters. The van der Waals surface area contributed by atoms with Crippen LogP contribution in [0, 0.1) is 0 Å². The molecule has 41 heavy (non-hydrogen) atoms. The van der Waals surface area contributed by atoms with Crippen molar-refractivity contribution in [1.82, 2.24) is 9.97 Å². The lowest BCUT2D eigenvalue weighted by molar-refractivity contribution is 0.487. The molecule has 6 aromatic carbocycles. The van der Waals surface area contributed by atoms with Gasteiger partial charge in [0.25, 0.3) is 0 Å². The monoisotopic (exact) mass is 533 g/mol. The van der Waals surface area contributed by atoms with Gasteiger partial charge in [0, 0.05) is 27.6 Å². The molecule has 1 aliphatic rings. The van der Waals surface area contributed by atoms with Crippen molar-refractivity contribution in [3.05, 3.63) is 145 Å². The van der Waals surface area contributed by atoms with Crippen molar-refractivity contribution in [3.8, 4) is 67.7 Å². The van der Waals surface area contributed by atoms with E-state index < -0.39 is 42.3 Å². The predicted molar refractivity (Wildman–Crippen MR) is 167 cm³/mol. The van der Waals surface area contributed by atoms with Gasteiger partial charge in [-0.3, -0.25) is 0 Å². The van der Waals surface area contributed by atoms with Gasteiger partial charge in [0.05, 0.1) is 23.7 Å². The van der Waals surface area contributed by atoms with Crippen LogP contribution in [0.25, 0.3) is 66.9 Å². The molecule has 2 heterocycles. The second-order valence-electron chi connectivity index (χ2n) is 9.53. The quantitative estimate of drug-likeness (QED) is 0.226. The largest absolute Gasteiger partial charge is 0.456 e. The Labute approximate surface area is 251 Å².